The number of rotatable bonds is 5. The summed E-state index contributed by atoms with van der Waals surface area (Å²) >= 11 is 0. The topological polar surface area (TPSA) is 40.2 Å². The smallest absolute Gasteiger partial charge is 0.210 e. The zero-order chi connectivity index (χ0) is 21.2. The van der Waals surface area contributed by atoms with Crippen molar-refractivity contribution in [3.63, 3.8) is 0 Å². The first-order valence-corrected chi connectivity index (χ1v) is 11.1. The first kappa shape index (κ1) is 19.4. The zero-order valence-corrected chi connectivity index (χ0v) is 18.4. The maximum absolute atomic E-state index is 6.72. The summed E-state index contributed by atoms with van der Waals surface area (Å²) < 4.78 is 24.5. The van der Waals surface area contributed by atoms with Gasteiger partial charge < -0.3 is 18.9 Å². The minimum absolute atomic E-state index is 0.221. The summed E-state index contributed by atoms with van der Waals surface area (Å²) in [7, 11) is 5.18. The summed E-state index contributed by atoms with van der Waals surface area (Å²) in [6, 6.07) is 15.4. The van der Waals surface area contributed by atoms with E-state index < -0.39 is 5.79 Å². The number of likely N-dealkylation sites (tertiary alicyclic amines) is 1. The highest BCUT2D eigenvalue weighted by molar-refractivity contribution is 5.66. The van der Waals surface area contributed by atoms with Crippen molar-refractivity contribution >= 4 is 0 Å². The lowest BCUT2D eigenvalue weighted by molar-refractivity contribution is -0.264. The molecule has 2 aromatic carbocycles. The van der Waals surface area contributed by atoms with Gasteiger partial charge in [-0.3, -0.25) is 4.90 Å². The monoisotopic (exact) mass is 419 g/mol. The Kier molecular flexibility index (Phi) is 4.26. The van der Waals surface area contributed by atoms with Crippen LogP contribution < -0.4 is 9.47 Å². The maximum Gasteiger partial charge on any atom is 0.210 e. The average Bonchev–Trinajstić information content (AvgIpc) is 3.17. The van der Waals surface area contributed by atoms with Crippen molar-refractivity contribution in [2.45, 2.75) is 49.2 Å². The Hall–Kier alpha value is -2.34. The van der Waals surface area contributed by atoms with E-state index >= 15 is 0 Å². The van der Waals surface area contributed by atoms with Crippen LogP contribution in [-0.2, 0) is 27.9 Å². The first-order valence-electron chi connectivity index (χ1n) is 11.1. The predicted octanol–water partition coefficient (Wildman–Crippen LogP) is 3.84. The highest BCUT2D eigenvalue weighted by atomic mass is 16.7. The second-order valence-electron chi connectivity index (χ2n) is 9.11. The van der Waals surface area contributed by atoms with Crippen LogP contribution in [0.1, 0.15) is 29.5 Å². The molecule has 0 unspecified atom stereocenters. The van der Waals surface area contributed by atoms with Gasteiger partial charge in [-0.2, -0.15) is 0 Å². The van der Waals surface area contributed by atoms with Crippen molar-refractivity contribution < 1.29 is 18.9 Å². The fourth-order valence-corrected chi connectivity index (χ4v) is 6.62. The fourth-order valence-electron chi connectivity index (χ4n) is 6.62. The molecule has 2 bridgehead atoms. The van der Waals surface area contributed by atoms with Crippen LogP contribution >= 0.6 is 0 Å². The van der Waals surface area contributed by atoms with Gasteiger partial charge in [-0.1, -0.05) is 42.5 Å². The number of ether oxygens (including phenoxy) is 4. The number of nitrogens with zero attached hydrogens (tertiary/aromatic N) is 1. The Morgan fingerprint density at radius 3 is 2.61 bits per heavy atom. The summed E-state index contributed by atoms with van der Waals surface area (Å²) in [4.78, 5) is 2.64. The van der Waals surface area contributed by atoms with Gasteiger partial charge in [-0.15, -0.1) is 0 Å². The third-order valence-electron chi connectivity index (χ3n) is 8.00. The predicted molar refractivity (Wildman–Crippen MR) is 117 cm³/mol. The van der Waals surface area contributed by atoms with E-state index in [9.17, 15) is 0 Å². The van der Waals surface area contributed by atoms with E-state index in [1.807, 2.05) is 0 Å². The molecule has 4 aliphatic rings. The second-order valence-corrected chi connectivity index (χ2v) is 9.11. The SMILES string of the molecule is COc1ccc2c3c1O[C@H]1C(OC)(OC)CC=C4[C@@H](C2)N(Cc2ccccc2)CC[C@]431. The van der Waals surface area contributed by atoms with Gasteiger partial charge in [0.1, 0.15) is 0 Å². The summed E-state index contributed by atoms with van der Waals surface area (Å²) in [6.07, 6.45) is 4.82. The number of benzene rings is 2. The molecule has 0 aromatic heterocycles. The third kappa shape index (κ3) is 2.43. The van der Waals surface area contributed by atoms with Crippen molar-refractivity contribution in [1.82, 2.24) is 4.90 Å². The summed E-state index contributed by atoms with van der Waals surface area (Å²) in [6.45, 7) is 1.97. The minimum Gasteiger partial charge on any atom is -0.493 e. The molecule has 162 valence electrons. The Morgan fingerprint density at radius 1 is 1.06 bits per heavy atom. The second kappa shape index (κ2) is 6.83. The number of methoxy groups -OCH3 is 3. The molecule has 0 radical (unpaired) electrons. The number of hydrogen-bond donors (Lipinski definition) is 0. The lowest BCUT2D eigenvalue weighted by atomic mass is 9.55. The molecule has 31 heavy (non-hydrogen) atoms. The highest BCUT2D eigenvalue weighted by Crippen LogP contribution is 2.64. The van der Waals surface area contributed by atoms with E-state index in [1.165, 1.54) is 22.3 Å². The highest BCUT2D eigenvalue weighted by Gasteiger charge is 2.67. The number of piperidine rings is 1. The molecule has 6 rings (SSSR count). The van der Waals surface area contributed by atoms with Gasteiger partial charge in [0.05, 0.1) is 12.5 Å². The standard InChI is InChI=1S/C26H29NO4/c1-28-21-10-9-18-15-20-19-11-12-26(29-2,30-3)24-25(19,22(18)23(21)31-24)13-14-27(20)16-17-7-5-4-6-8-17/h4-11,20,24H,12-16H2,1-3H3/t20-,24-,25+/m1/s1. The zero-order valence-electron chi connectivity index (χ0n) is 18.4. The molecule has 1 spiro atoms. The third-order valence-corrected chi connectivity index (χ3v) is 8.00. The Bertz CT molecular complexity index is 1040. The van der Waals surface area contributed by atoms with Crippen LogP contribution in [0, 0.1) is 0 Å². The first-order chi connectivity index (χ1) is 15.2. The van der Waals surface area contributed by atoms with Gasteiger partial charge in [-0.05, 0) is 35.6 Å². The van der Waals surface area contributed by atoms with Crippen molar-refractivity contribution in [3.8, 4) is 11.5 Å². The summed E-state index contributed by atoms with van der Waals surface area (Å²) in [5.74, 6) is 0.883. The quantitative estimate of drug-likeness (QED) is 0.544. The molecule has 1 fully saturated rings. The van der Waals surface area contributed by atoms with Gasteiger partial charge in [-0.25, -0.2) is 0 Å². The van der Waals surface area contributed by atoms with Crippen LogP contribution in [0.2, 0.25) is 0 Å². The van der Waals surface area contributed by atoms with E-state index in [-0.39, 0.29) is 11.5 Å². The molecular formula is C26H29NO4. The molecule has 5 heteroatoms. The van der Waals surface area contributed by atoms with Crippen molar-refractivity contribution in [1.29, 1.82) is 0 Å². The minimum atomic E-state index is -0.797. The van der Waals surface area contributed by atoms with Crippen LogP contribution in [0.15, 0.2) is 54.1 Å². The van der Waals surface area contributed by atoms with Gasteiger partial charge in [0.2, 0.25) is 5.79 Å². The molecule has 0 N–H and O–H groups in total. The molecule has 0 amide bonds. The van der Waals surface area contributed by atoms with Crippen LogP contribution in [-0.4, -0.2) is 50.7 Å². The normalized spacial score (nSPS) is 29.7. The number of hydrogen-bond acceptors (Lipinski definition) is 5. The Morgan fingerprint density at radius 2 is 1.87 bits per heavy atom. The van der Waals surface area contributed by atoms with Crippen molar-refractivity contribution in [2.24, 2.45) is 0 Å². The van der Waals surface area contributed by atoms with E-state index in [2.05, 4.69) is 53.4 Å². The van der Waals surface area contributed by atoms with Gasteiger partial charge >= 0.3 is 0 Å². The largest absolute Gasteiger partial charge is 0.493 e. The molecular weight excluding hydrogens is 390 g/mol. The molecule has 3 atom stereocenters. The van der Waals surface area contributed by atoms with Gasteiger partial charge in [0.25, 0.3) is 0 Å². The summed E-state index contributed by atoms with van der Waals surface area (Å²) in [5.41, 5.74) is 5.28. The van der Waals surface area contributed by atoms with Gasteiger partial charge in [0.15, 0.2) is 17.6 Å². The van der Waals surface area contributed by atoms with Crippen LogP contribution in [0.5, 0.6) is 11.5 Å². The molecule has 0 saturated carbocycles. The van der Waals surface area contributed by atoms with Gasteiger partial charge in [0, 0.05) is 45.3 Å². The Labute approximate surface area is 183 Å². The van der Waals surface area contributed by atoms with E-state index in [1.54, 1.807) is 21.3 Å². The molecule has 2 aliphatic carbocycles. The van der Waals surface area contributed by atoms with Crippen molar-refractivity contribution in [2.75, 3.05) is 27.9 Å². The molecule has 2 heterocycles. The molecule has 2 aliphatic heterocycles. The van der Waals surface area contributed by atoms with Crippen molar-refractivity contribution in [3.05, 3.63) is 70.8 Å². The average molecular weight is 420 g/mol. The van der Waals surface area contributed by atoms with Crippen LogP contribution in [0.25, 0.3) is 0 Å². The lowest BCUT2D eigenvalue weighted by Gasteiger charge is -2.57. The van der Waals surface area contributed by atoms with Crippen LogP contribution in [0.3, 0.4) is 0 Å². The lowest BCUT2D eigenvalue weighted by Crippen LogP contribution is -2.66. The Balaban J connectivity index is 1.51. The van der Waals surface area contributed by atoms with E-state index in [4.69, 9.17) is 18.9 Å². The van der Waals surface area contributed by atoms with E-state index in [0.717, 1.165) is 37.4 Å². The summed E-state index contributed by atoms with van der Waals surface area (Å²) in [5, 5.41) is 0. The fraction of sp³-hybridized carbons (Fsp3) is 0.462. The molecule has 2 aromatic rings. The molecule has 5 nitrogen and oxygen atoms in total. The van der Waals surface area contributed by atoms with Crippen LogP contribution in [0.4, 0.5) is 0 Å². The maximum atomic E-state index is 6.72. The van der Waals surface area contributed by atoms with E-state index in [0.29, 0.717) is 12.5 Å². The molecule has 1 saturated heterocycles.